The van der Waals surface area contributed by atoms with E-state index in [4.69, 9.17) is 0 Å². The normalized spacial score (nSPS) is 12.1. The van der Waals surface area contributed by atoms with Crippen LogP contribution < -0.4 is 10.2 Å². The predicted octanol–water partition coefficient (Wildman–Crippen LogP) is 3.91. The van der Waals surface area contributed by atoms with E-state index in [1.807, 2.05) is 25.1 Å². The zero-order valence-corrected chi connectivity index (χ0v) is 12.6. The highest BCUT2D eigenvalue weighted by molar-refractivity contribution is 5.65. The Hall–Kier alpha value is -2.17. The van der Waals surface area contributed by atoms with Gasteiger partial charge in [-0.05, 0) is 43.7 Å². The van der Waals surface area contributed by atoms with Crippen molar-refractivity contribution in [3.63, 3.8) is 0 Å². The molecule has 0 saturated heterocycles. The van der Waals surface area contributed by atoms with Crippen LogP contribution >= 0.6 is 0 Å². The van der Waals surface area contributed by atoms with Crippen molar-refractivity contribution in [3.05, 3.63) is 53.2 Å². The average Bonchev–Trinajstić information content (AvgIpc) is 2.43. The summed E-state index contributed by atoms with van der Waals surface area (Å²) in [5, 5.41) is 3.18. The quantitative estimate of drug-likeness (QED) is 0.925. The number of rotatable bonds is 4. The molecule has 0 aliphatic heterocycles. The Labute approximate surface area is 123 Å². The van der Waals surface area contributed by atoms with Gasteiger partial charge < -0.3 is 10.2 Å². The summed E-state index contributed by atoms with van der Waals surface area (Å²) in [5.41, 5.74) is 1.38. The van der Waals surface area contributed by atoms with Crippen molar-refractivity contribution in [1.29, 1.82) is 0 Å². The Morgan fingerprint density at radius 3 is 2.57 bits per heavy atom. The van der Waals surface area contributed by atoms with E-state index in [0.717, 1.165) is 11.5 Å². The number of hydrogen-bond acceptors (Lipinski definition) is 3. The molecule has 1 unspecified atom stereocenters. The van der Waals surface area contributed by atoms with Gasteiger partial charge in [0.25, 0.3) is 0 Å². The number of pyridine rings is 1. The second-order valence-electron chi connectivity index (χ2n) is 5.26. The number of nitrogens with zero attached hydrogens (tertiary/aromatic N) is 2. The van der Waals surface area contributed by atoms with E-state index < -0.39 is 11.6 Å². The summed E-state index contributed by atoms with van der Waals surface area (Å²) in [6, 6.07) is 5.76. The first-order valence-electron chi connectivity index (χ1n) is 6.74. The van der Waals surface area contributed by atoms with Crippen LogP contribution in [0.15, 0.2) is 30.5 Å². The number of nitrogens with one attached hydrogen (secondary N) is 1. The van der Waals surface area contributed by atoms with Gasteiger partial charge in [-0.1, -0.05) is 0 Å². The molecule has 1 atom stereocenters. The Kier molecular flexibility index (Phi) is 4.40. The van der Waals surface area contributed by atoms with Gasteiger partial charge in [0.2, 0.25) is 0 Å². The monoisotopic (exact) mass is 291 g/mol. The molecule has 1 heterocycles. The standard InChI is InChI=1S/C16H19F2N3/c1-10-8-14(18)12(9-13(10)17)11(2)20-15-6-5-7-19-16(15)21(3)4/h5-9,11,20H,1-4H3. The number of hydrogen-bond donors (Lipinski definition) is 1. The zero-order chi connectivity index (χ0) is 15.6. The molecule has 21 heavy (non-hydrogen) atoms. The minimum atomic E-state index is -0.413. The molecule has 0 amide bonds. The Balaban J connectivity index is 2.30. The third kappa shape index (κ3) is 3.29. The van der Waals surface area contributed by atoms with Crippen molar-refractivity contribution >= 4 is 11.5 Å². The number of aryl methyl sites for hydroxylation is 1. The highest BCUT2D eigenvalue weighted by atomic mass is 19.1. The molecular weight excluding hydrogens is 272 g/mol. The molecule has 1 aromatic heterocycles. The third-order valence-corrected chi connectivity index (χ3v) is 3.33. The smallest absolute Gasteiger partial charge is 0.151 e. The van der Waals surface area contributed by atoms with Gasteiger partial charge in [0, 0.05) is 25.9 Å². The lowest BCUT2D eigenvalue weighted by Crippen LogP contribution is -2.16. The maximum absolute atomic E-state index is 14.0. The Morgan fingerprint density at radius 1 is 1.19 bits per heavy atom. The molecule has 0 aliphatic rings. The van der Waals surface area contributed by atoms with Crippen LogP contribution in [0.2, 0.25) is 0 Å². The summed E-state index contributed by atoms with van der Waals surface area (Å²) in [5.74, 6) is -0.0689. The molecule has 3 nitrogen and oxygen atoms in total. The Bertz CT molecular complexity index is 641. The van der Waals surface area contributed by atoms with E-state index in [1.165, 1.54) is 12.1 Å². The van der Waals surface area contributed by atoms with Gasteiger partial charge in [-0.15, -0.1) is 0 Å². The number of aromatic nitrogens is 1. The SMILES string of the molecule is Cc1cc(F)c(C(C)Nc2cccnc2N(C)C)cc1F. The van der Waals surface area contributed by atoms with Crippen molar-refractivity contribution in [3.8, 4) is 0 Å². The lowest BCUT2D eigenvalue weighted by atomic mass is 10.0. The average molecular weight is 291 g/mol. The van der Waals surface area contributed by atoms with E-state index in [0.29, 0.717) is 11.1 Å². The van der Waals surface area contributed by atoms with Crippen LogP contribution in [0.5, 0.6) is 0 Å². The van der Waals surface area contributed by atoms with E-state index >= 15 is 0 Å². The van der Waals surface area contributed by atoms with Crippen LogP contribution in [0.4, 0.5) is 20.3 Å². The number of halogens is 2. The molecule has 0 spiro atoms. The maximum atomic E-state index is 14.0. The third-order valence-electron chi connectivity index (χ3n) is 3.33. The van der Waals surface area contributed by atoms with E-state index in [9.17, 15) is 8.78 Å². The summed E-state index contributed by atoms with van der Waals surface area (Å²) in [7, 11) is 3.76. The maximum Gasteiger partial charge on any atom is 0.151 e. The minimum absolute atomic E-state index is 0.298. The first-order chi connectivity index (χ1) is 9.90. The molecule has 0 bridgehead atoms. The molecule has 0 saturated carbocycles. The summed E-state index contributed by atoms with van der Waals surface area (Å²) < 4.78 is 27.7. The summed E-state index contributed by atoms with van der Waals surface area (Å²) in [4.78, 5) is 6.14. The fraction of sp³-hybridized carbons (Fsp3) is 0.312. The molecule has 1 N–H and O–H groups in total. The summed E-state index contributed by atoms with van der Waals surface area (Å²) in [6.07, 6.45) is 1.69. The van der Waals surface area contributed by atoms with Gasteiger partial charge in [0.05, 0.1) is 11.7 Å². The molecule has 112 valence electrons. The van der Waals surface area contributed by atoms with Crippen LogP contribution in [0.1, 0.15) is 24.1 Å². The second-order valence-corrected chi connectivity index (χ2v) is 5.26. The topological polar surface area (TPSA) is 28.2 Å². The van der Waals surface area contributed by atoms with Crippen LogP contribution in [0, 0.1) is 18.6 Å². The van der Waals surface area contributed by atoms with Gasteiger partial charge in [-0.3, -0.25) is 0 Å². The first kappa shape index (κ1) is 15.2. The van der Waals surface area contributed by atoms with E-state index in [1.54, 1.807) is 26.1 Å². The highest BCUT2D eigenvalue weighted by Crippen LogP contribution is 2.28. The molecule has 5 heteroatoms. The van der Waals surface area contributed by atoms with Crippen molar-refractivity contribution in [2.75, 3.05) is 24.3 Å². The lowest BCUT2D eigenvalue weighted by Gasteiger charge is -2.21. The van der Waals surface area contributed by atoms with E-state index in [2.05, 4.69) is 10.3 Å². The lowest BCUT2D eigenvalue weighted by molar-refractivity contribution is 0.571. The van der Waals surface area contributed by atoms with Gasteiger partial charge in [0.15, 0.2) is 5.82 Å². The van der Waals surface area contributed by atoms with Crippen molar-refractivity contribution in [2.45, 2.75) is 19.9 Å². The largest absolute Gasteiger partial charge is 0.375 e. The van der Waals surface area contributed by atoms with Gasteiger partial charge >= 0.3 is 0 Å². The highest BCUT2D eigenvalue weighted by Gasteiger charge is 2.15. The number of benzene rings is 1. The molecule has 0 radical (unpaired) electrons. The van der Waals surface area contributed by atoms with E-state index in [-0.39, 0.29) is 6.04 Å². The molecule has 1 aromatic carbocycles. The predicted molar refractivity (Wildman–Crippen MR) is 81.7 cm³/mol. The molecule has 2 rings (SSSR count). The van der Waals surface area contributed by atoms with Crippen LogP contribution in [0.25, 0.3) is 0 Å². The molecular formula is C16H19F2N3. The zero-order valence-electron chi connectivity index (χ0n) is 12.6. The van der Waals surface area contributed by atoms with Crippen LogP contribution in [-0.4, -0.2) is 19.1 Å². The summed E-state index contributed by atoms with van der Waals surface area (Å²) in [6.45, 7) is 3.34. The second kappa shape index (κ2) is 6.08. The van der Waals surface area contributed by atoms with Crippen molar-refractivity contribution in [2.24, 2.45) is 0 Å². The van der Waals surface area contributed by atoms with Crippen LogP contribution in [-0.2, 0) is 0 Å². The van der Waals surface area contributed by atoms with Gasteiger partial charge in [0.1, 0.15) is 11.6 Å². The van der Waals surface area contributed by atoms with Gasteiger partial charge in [-0.25, -0.2) is 13.8 Å². The molecule has 2 aromatic rings. The van der Waals surface area contributed by atoms with Crippen molar-refractivity contribution in [1.82, 2.24) is 4.98 Å². The van der Waals surface area contributed by atoms with Crippen molar-refractivity contribution < 1.29 is 8.78 Å². The summed E-state index contributed by atoms with van der Waals surface area (Å²) >= 11 is 0. The Morgan fingerprint density at radius 2 is 1.90 bits per heavy atom. The number of anilines is 2. The fourth-order valence-electron chi connectivity index (χ4n) is 2.17. The molecule has 0 aliphatic carbocycles. The minimum Gasteiger partial charge on any atom is -0.375 e. The first-order valence-corrected chi connectivity index (χ1v) is 6.74. The van der Waals surface area contributed by atoms with Gasteiger partial charge in [-0.2, -0.15) is 0 Å². The van der Waals surface area contributed by atoms with Crippen LogP contribution in [0.3, 0.4) is 0 Å². The molecule has 0 fully saturated rings. The fourth-order valence-corrected chi connectivity index (χ4v) is 2.17.